The van der Waals surface area contributed by atoms with Gasteiger partial charge < -0.3 is 10.4 Å². The molecule has 1 fully saturated rings. The van der Waals surface area contributed by atoms with Crippen molar-refractivity contribution in [1.29, 1.82) is 0 Å². The number of aliphatic hydroxyl groups is 1. The van der Waals surface area contributed by atoms with Gasteiger partial charge in [0.15, 0.2) is 5.15 Å². The van der Waals surface area contributed by atoms with E-state index in [0.29, 0.717) is 16.8 Å². The van der Waals surface area contributed by atoms with Gasteiger partial charge >= 0.3 is 0 Å². The summed E-state index contributed by atoms with van der Waals surface area (Å²) in [6.45, 7) is 1.78. The summed E-state index contributed by atoms with van der Waals surface area (Å²) in [6.07, 6.45) is 3.64. The van der Waals surface area contributed by atoms with Crippen LogP contribution in [0.2, 0.25) is 5.15 Å². The zero-order valence-corrected chi connectivity index (χ0v) is 9.91. The van der Waals surface area contributed by atoms with E-state index in [1.165, 1.54) is 0 Å². The summed E-state index contributed by atoms with van der Waals surface area (Å²) in [7, 11) is 0. The zero-order chi connectivity index (χ0) is 11.5. The molecule has 0 aromatic carbocycles. The van der Waals surface area contributed by atoms with E-state index in [9.17, 15) is 5.11 Å². The quantitative estimate of drug-likeness (QED) is 0.823. The van der Waals surface area contributed by atoms with Crippen molar-refractivity contribution >= 4 is 17.5 Å². The number of hydrogen-bond donors (Lipinski definition) is 2. The van der Waals surface area contributed by atoms with Gasteiger partial charge in [0.25, 0.3) is 0 Å². The molecule has 0 unspecified atom stereocenters. The first-order valence-corrected chi connectivity index (χ1v) is 5.86. The lowest BCUT2D eigenvalue weighted by Crippen LogP contribution is -2.37. The number of aliphatic hydroxyl groups excluding tert-OH is 1. The van der Waals surface area contributed by atoms with E-state index in [0.717, 1.165) is 25.7 Å². The molecule has 0 aliphatic heterocycles. The van der Waals surface area contributed by atoms with Gasteiger partial charge in [0.05, 0.1) is 17.8 Å². The Bertz CT molecular complexity index is 374. The Morgan fingerprint density at radius 2 is 2.06 bits per heavy atom. The second-order valence-electron chi connectivity index (χ2n) is 4.11. The minimum absolute atomic E-state index is 0.0242. The summed E-state index contributed by atoms with van der Waals surface area (Å²) in [5.41, 5.74) is 0.643. The lowest BCUT2D eigenvalue weighted by atomic mass is 9.93. The van der Waals surface area contributed by atoms with E-state index in [2.05, 4.69) is 20.5 Å². The Morgan fingerprint density at radius 3 is 2.75 bits per heavy atom. The normalized spacial score (nSPS) is 25.4. The second kappa shape index (κ2) is 4.93. The molecule has 1 saturated carbocycles. The molecule has 0 amide bonds. The fraction of sp³-hybridized carbons (Fsp3) is 0.700. The number of halogens is 1. The van der Waals surface area contributed by atoms with Crippen molar-refractivity contribution in [2.45, 2.75) is 44.8 Å². The first kappa shape index (κ1) is 11.5. The van der Waals surface area contributed by atoms with E-state index in [-0.39, 0.29) is 12.1 Å². The van der Waals surface area contributed by atoms with E-state index < -0.39 is 0 Å². The summed E-state index contributed by atoms with van der Waals surface area (Å²) in [5.74, 6) is 0.438. The summed E-state index contributed by atoms with van der Waals surface area (Å²) in [4.78, 5) is 4.17. The molecule has 1 heterocycles. The average molecular weight is 243 g/mol. The summed E-state index contributed by atoms with van der Waals surface area (Å²) < 4.78 is 0. The molecule has 1 aromatic heterocycles. The van der Waals surface area contributed by atoms with Crippen LogP contribution in [0.1, 0.15) is 31.4 Å². The van der Waals surface area contributed by atoms with Crippen molar-refractivity contribution in [3.63, 3.8) is 0 Å². The Morgan fingerprint density at radius 1 is 1.31 bits per heavy atom. The standard InChI is InChI=1S/C10H15ClN4O/c1-6-9(11)14-15-10(12-6)13-7-4-2-3-5-8(7)16/h7-8,16H,2-5H2,1H3,(H,12,13,15)/t7-,8-/m0/s1. The highest BCUT2D eigenvalue weighted by atomic mass is 35.5. The fourth-order valence-electron chi connectivity index (χ4n) is 1.90. The molecule has 0 spiro atoms. The maximum Gasteiger partial charge on any atom is 0.243 e. The van der Waals surface area contributed by atoms with Crippen LogP contribution in [-0.2, 0) is 0 Å². The molecule has 1 aromatic rings. The number of aryl methyl sites for hydroxylation is 1. The van der Waals surface area contributed by atoms with Crippen LogP contribution in [0.25, 0.3) is 0 Å². The van der Waals surface area contributed by atoms with Gasteiger partial charge in [-0.1, -0.05) is 24.4 Å². The van der Waals surface area contributed by atoms with E-state index >= 15 is 0 Å². The Labute approximate surface area is 99.3 Å². The number of hydrogen-bond acceptors (Lipinski definition) is 5. The molecule has 2 rings (SSSR count). The SMILES string of the molecule is Cc1nc(N[C@H]2CCCC[C@@H]2O)nnc1Cl. The van der Waals surface area contributed by atoms with Crippen molar-refractivity contribution in [1.82, 2.24) is 15.2 Å². The first-order valence-electron chi connectivity index (χ1n) is 5.48. The third-order valence-electron chi connectivity index (χ3n) is 2.85. The van der Waals surface area contributed by atoms with Gasteiger partial charge in [0.1, 0.15) is 0 Å². The lowest BCUT2D eigenvalue weighted by molar-refractivity contribution is 0.116. The van der Waals surface area contributed by atoms with Crippen molar-refractivity contribution < 1.29 is 5.11 Å². The third-order valence-corrected chi connectivity index (χ3v) is 3.20. The highest BCUT2D eigenvalue weighted by Gasteiger charge is 2.23. The molecule has 5 nitrogen and oxygen atoms in total. The second-order valence-corrected chi connectivity index (χ2v) is 4.47. The van der Waals surface area contributed by atoms with E-state index in [4.69, 9.17) is 11.6 Å². The molecule has 0 saturated heterocycles. The van der Waals surface area contributed by atoms with Gasteiger partial charge in [0, 0.05) is 0 Å². The van der Waals surface area contributed by atoms with E-state index in [1.54, 1.807) is 6.92 Å². The van der Waals surface area contributed by atoms with Gasteiger partial charge in [-0.3, -0.25) is 0 Å². The summed E-state index contributed by atoms with van der Waals surface area (Å²) >= 11 is 5.74. The highest BCUT2D eigenvalue weighted by molar-refractivity contribution is 6.29. The molecule has 88 valence electrons. The number of nitrogens with one attached hydrogen (secondary N) is 1. The Kier molecular flexibility index (Phi) is 3.56. The molecule has 2 atom stereocenters. The maximum absolute atomic E-state index is 9.79. The summed E-state index contributed by atoms with van der Waals surface area (Å²) in [5, 5.41) is 20.8. The van der Waals surface area contributed by atoms with Crippen LogP contribution in [0.3, 0.4) is 0 Å². The van der Waals surface area contributed by atoms with Gasteiger partial charge in [-0.05, 0) is 19.8 Å². The number of aromatic nitrogens is 3. The van der Waals surface area contributed by atoms with Crippen molar-refractivity contribution in [3.8, 4) is 0 Å². The highest BCUT2D eigenvalue weighted by Crippen LogP contribution is 2.21. The van der Waals surface area contributed by atoms with Crippen LogP contribution in [0, 0.1) is 6.92 Å². The third kappa shape index (κ3) is 2.59. The Hall–Kier alpha value is -0.940. The first-order chi connectivity index (χ1) is 7.66. The number of rotatable bonds is 2. The van der Waals surface area contributed by atoms with Crippen LogP contribution >= 0.6 is 11.6 Å². The van der Waals surface area contributed by atoms with Gasteiger partial charge in [-0.15, -0.1) is 10.2 Å². The largest absolute Gasteiger partial charge is 0.391 e. The van der Waals surface area contributed by atoms with Crippen LogP contribution in [0.5, 0.6) is 0 Å². The van der Waals surface area contributed by atoms with Crippen LogP contribution in [-0.4, -0.2) is 32.4 Å². The molecule has 1 aliphatic rings. The van der Waals surface area contributed by atoms with Crippen molar-refractivity contribution in [3.05, 3.63) is 10.8 Å². The molecule has 0 radical (unpaired) electrons. The average Bonchev–Trinajstić information content (AvgIpc) is 2.27. The van der Waals surface area contributed by atoms with Crippen molar-refractivity contribution in [2.24, 2.45) is 0 Å². The summed E-state index contributed by atoms with van der Waals surface area (Å²) in [6, 6.07) is 0.0242. The molecular formula is C10H15ClN4O. The predicted octanol–water partition coefficient (Wildman–Crippen LogP) is 1.55. The van der Waals surface area contributed by atoms with Gasteiger partial charge in [-0.25, -0.2) is 4.98 Å². The van der Waals surface area contributed by atoms with Crippen LogP contribution < -0.4 is 5.32 Å². The number of nitrogens with zero attached hydrogens (tertiary/aromatic N) is 3. The monoisotopic (exact) mass is 242 g/mol. The molecule has 0 bridgehead atoms. The minimum Gasteiger partial charge on any atom is -0.391 e. The van der Waals surface area contributed by atoms with Gasteiger partial charge in [0.2, 0.25) is 5.95 Å². The smallest absolute Gasteiger partial charge is 0.243 e. The van der Waals surface area contributed by atoms with Crippen LogP contribution in [0.4, 0.5) is 5.95 Å². The molecule has 16 heavy (non-hydrogen) atoms. The van der Waals surface area contributed by atoms with Crippen LogP contribution in [0.15, 0.2) is 0 Å². The fourth-order valence-corrected chi connectivity index (χ4v) is 1.98. The maximum atomic E-state index is 9.79. The van der Waals surface area contributed by atoms with Gasteiger partial charge in [-0.2, -0.15) is 0 Å². The van der Waals surface area contributed by atoms with E-state index in [1.807, 2.05) is 0 Å². The van der Waals surface area contributed by atoms with Crippen molar-refractivity contribution in [2.75, 3.05) is 5.32 Å². The molecule has 1 aliphatic carbocycles. The Balaban J connectivity index is 2.05. The molecule has 6 heteroatoms. The molecular weight excluding hydrogens is 228 g/mol. The minimum atomic E-state index is -0.326. The lowest BCUT2D eigenvalue weighted by Gasteiger charge is -2.28. The zero-order valence-electron chi connectivity index (χ0n) is 9.15. The predicted molar refractivity (Wildman–Crippen MR) is 61.5 cm³/mol. The topological polar surface area (TPSA) is 70.9 Å². The molecule has 2 N–H and O–H groups in total. The number of anilines is 1.